The third-order valence-electron chi connectivity index (χ3n) is 3.86. The van der Waals surface area contributed by atoms with Gasteiger partial charge < -0.3 is 20.9 Å². The van der Waals surface area contributed by atoms with E-state index in [-0.39, 0.29) is 12.0 Å². The van der Waals surface area contributed by atoms with E-state index in [1.807, 2.05) is 12.1 Å². The second-order valence-corrected chi connectivity index (χ2v) is 5.65. The number of nitrogens with one attached hydrogen (secondary N) is 1. The van der Waals surface area contributed by atoms with Crippen LogP contribution in [0.25, 0.3) is 0 Å². The Bertz CT molecular complexity index is 457. The van der Waals surface area contributed by atoms with Crippen molar-refractivity contribution in [3.05, 3.63) is 24.3 Å². The first-order valence-corrected chi connectivity index (χ1v) is 7.56. The van der Waals surface area contributed by atoms with E-state index >= 15 is 0 Å². The molecule has 0 saturated heterocycles. The summed E-state index contributed by atoms with van der Waals surface area (Å²) in [5, 5.41) is 12.4. The topological polar surface area (TPSA) is 84.6 Å². The number of amides is 1. The molecule has 0 unspecified atom stereocenters. The summed E-state index contributed by atoms with van der Waals surface area (Å²) >= 11 is 0. The lowest BCUT2D eigenvalue weighted by molar-refractivity contribution is -0.121. The van der Waals surface area contributed by atoms with Gasteiger partial charge in [0.2, 0.25) is 5.91 Å². The Labute approximate surface area is 125 Å². The monoisotopic (exact) mass is 292 g/mol. The smallest absolute Gasteiger partial charge is 0.223 e. The Morgan fingerprint density at radius 1 is 1.33 bits per heavy atom. The molecule has 5 nitrogen and oxygen atoms in total. The number of anilines is 1. The number of carbonyl (C=O) groups excluding carboxylic acids is 1. The van der Waals surface area contributed by atoms with Gasteiger partial charge in [-0.15, -0.1) is 0 Å². The highest BCUT2D eigenvalue weighted by Crippen LogP contribution is 2.23. The van der Waals surface area contributed by atoms with Crippen molar-refractivity contribution in [2.45, 2.75) is 38.2 Å². The van der Waals surface area contributed by atoms with Gasteiger partial charge in [0.25, 0.3) is 0 Å². The van der Waals surface area contributed by atoms with E-state index < -0.39 is 0 Å². The molecule has 0 radical (unpaired) electrons. The van der Waals surface area contributed by atoms with Crippen molar-refractivity contribution in [3.63, 3.8) is 0 Å². The number of aliphatic hydroxyl groups is 1. The summed E-state index contributed by atoms with van der Waals surface area (Å²) in [6, 6.07) is 7.18. The number of hydrogen-bond donors (Lipinski definition) is 3. The van der Waals surface area contributed by atoms with Crippen molar-refractivity contribution in [2.24, 2.45) is 5.92 Å². The van der Waals surface area contributed by atoms with Crippen LogP contribution in [-0.2, 0) is 4.79 Å². The summed E-state index contributed by atoms with van der Waals surface area (Å²) in [5.74, 6) is 1.18. The molecule has 1 fully saturated rings. The molecular weight excluding hydrogens is 268 g/mol. The molecule has 0 aliphatic heterocycles. The van der Waals surface area contributed by atoms with Crippen LogP contribution in [0.15, 0.2) is 24.3 Å². The Balaban J connectivity index is 1.59. The van der Waals surface area contributed by atoms with E-state index in [0.29, 0.717) is 36.9 Å². The minimum atomic E-state index is -0.149. The lowest BCUT2D eigenvalue weighted by Crippen LogP contribution is -2.32. The molecule has 4 N–H and O–H groups in total. The number of aliphatic hydroxyl groups excluding tert-OH is 1. The minimum absolute atomic E-state index is 0.00465. The molecular formula is C16H24N2O3. The maximum Gasteiger partial charge on any atom is 0.223 e. The molecule has 1 aliphatic carbocycles. The number of nitrogen functional groups attached to an aromatic ring is 1. The fourth-order valence-corrected chi connectivity index (χ4v) is 2.56. The summed E-state index contributed by atoms with van der Waals surface area (Å²) in [6.45, 7) is 1.04. The number of nitrogens with two attached hydrogens (primary N) is 1. The second-order valence-electron chi connectivity index (χ2n) is 5.65. The van der Waals surface area contributed by atoms with Gasteiger partial charge in [-0.2, -0.15) is 0 Å². The zero-order chi connectivity index (χ0) is 15.1. The highest BCUT2D eigenvalue weighted by Gasteiger charge is 2.19. The summed E-state index contributed by atoms with van der Waals surface area (Å²) in [5.41, 5.74) is 6.30. The fourth-order valence-electron chi connectivity index (χ4n) is 2.56. The molecule has 0 atom stereocenters. The van der Waals surface area contributed by atoms with Gasteiger partial charge in [-0.3, -0.25) is 4.79 Å². The quantitative estimate of drug-likeness (QED) is 0.697. The summed E-state index contributed by atoms with van der Waals surface area (Å²) in [7, 11) is 0. The van der Waals surface area contributed by atoms with Gasteiger partial charge in [0, 0.05) is 18.3 Å². The normalized spacial score (nSPS) is 21.8. The van der Waals surface area contributed by atoms with Crippen molar-refractivity contribution < 1.29 is 14.6 Å². The lowest BCUT2D eigenvalue weighted by Gasteiger charge is -2.25. The number of benzene rings is 1. The molecule has 1 saturated carbocycles. The van der Waals surface area contributed by atoms with Gasteiger partial charge in [-0.1, -0.05) is 6.07 Å². The molecule has 0 aromatic heterocycles. The third kappa shape index (κ3) is 5.63. The molecule has 116 valence electrons. The van der Waals surface area contributed by atoms with Crippen molar-refractivity contribution in [1.82, 2.24) is 5.32 Å². The van der Waals surface area contributed by atoms with Crippen molar-refractivity contribution in [1.29, 1.82) is 0 Å². The Hall–Kier alpha value is -1.75. The van der Waals surface area contributed by atoms with Gasteiger partial charge in [-0.25, -0.2) is 0 Å². The van der Waals surface area contributed by atoms with Crippen molar-refractivity contribution in [3.8, 4) is 5.75 Å². The van der Waals surface area contributed by atoms with Crippen molar-refractivity contribution >= 4 is 11.6 Å². The number of hydrogen-bond acceptors (Lipinski definition) is 4. The molecule has 1 aromatic carbocycles. The van der Waals surface area contributed by atoms with Crippen LogP contribution in [0.3, 0.4) is 0 Å². The highest BCUT2D eigenvalue weighted by atomic mass is 16.5. The first-order chi connectivity index (χ1) is 10.1. The van der Waals surface area contributed by atoms with Crippen LogP contribution in [0.5, 0.6) is 5.75 Å². The number of rotatable bonds is 6. The first-order valence-electron chi connectivity index (χ1n) is 7.56. The Morgan fingerprint density at radius 3 is 2.81 bits per heavy atom. The molecule has 1 aliphatic rings. The van der Waals surface area contributed by atoms with Crippen LogP contribution in [0.2, 0.25) is 0 Å². The summed E-state index contributed by atoms with van der Waals surface area (Å²) in [6.07, 6.45) is 3.86. The van der Waals surface area contributed by atoms with Gasteiger partial charge in [0.05, 0.1) is 19.1 Å². The number of ether oxygens (including phenoxy) is 1. The van der Waals surface area contributed by atoms with E-state index in [0.717, 1.165) is 25.7 Å². The Morgan fingerprint density at radius 2 is 2.10 bits per heavy atom. The maximum atomic E-state index is 11.7. The van der Waals surface area contributed by atoms with E-state index in [9.17, 15) is 9.90 Å². The van der Waals surface area contributed by atoms with Crippen LogP contribution in [-0.4, -0.2) is 30.3 Å². The van der Waals surface area contributed by atoms with Crippen LogP contribution in [0.4, 0.5) is 5.69 Å². The summed E-state index contributed by atoms with van der Waals surface area (Å²) < 4.78 is 5.49. The molecule has 5 heteroatoms. The largest absolute Gasteiger partial charge is 0.493 e. The average molecular weight is 292 g/mol. The van der Waals surface area contributed by atoms with E-state index in [1.54, 1.807) is 12.1 Å². The maximum absolute atomic E-state index is 11.7. The van der Waals surface area contributed by atoms with Crippen molar-refractivity contribution in [2.75, 3.05) is 18.9 Å². The van der Waals surface area contributed by atoms with E-state index in [4.69, 9.17) is 10.5 Å². The average Bonchev–Trinajstić information content (AvgIpc) is 2.47. The van der Waals surface area contributed by atoms with Crippen LogP contribution >= 0.6 is 0 Å². The zero-order valence-corrected chi connectivity index (χ0v) is 12.3. The van der Waals surface area contributed by atoms with Gasteiger partial charge in [0.1, 0.15) is 5.75 Å². The molecule has 1 amide bonds. The van der Waals surface area contributed by atoms with Crippen LogP contribution in [0, 0.1) is 5.92 Å². The summed E-state index contributed by atoms with van der Waals surface area (Å²) in [4.78, 5) is 11.7. The highest BCUT2D eigenvalue weighted by molar-refractivity contribution is 5.75. The molecule has 21 heavy (non-hydrogen) atoms. The standard InChI is InChI=1S/C16H24N2O3/c17-13-2-1-3-15(10-13)21-9-8-16(20)18-11-12-4-6-14(19)7-5-12/h1-3,10,12,14,19H,4-9,11,17H2,(H,18,20). The SMILES string of the molecule is Nc1cccc(OCCC(=O)NCC2CCC(O)CC2)c1. The predicted molar refractivity (Wildman–Crippen MR) is 81.9 cm³/mol. The molecule has 1 aromatic rings. The lowest BCUT2D eigenvalue weighted by atomic mass is 9.87. The second kappa shape index (κ2) is 7.88. The van der Waals surface area contributed by atoms with Gasteiger partial charge in [-0.05, 0) is 43.7 Å². The first kappa shape index (κ1) is 15.6. The zero-order valence-electron chi connectivity index (χ0n) is 12.3. The molecule has 0 spiro atoms. The molecule has 0 bridgehead atoms. The molecule has 2 rings (SSSR count). The van der Waals surface area contributed by atoms with Crippen LogP contribution in [0.1, 0.15) is 32.1 Å². The fraction of sp³-hybridized carbons (Fsp3) is 0.562. The Kier molecular flexibility index (Phi) is 5.87. The van der Waals surface area contributed by atoms with Gasteiger partial charge in [0.15, 0.2) is 0 Å². The van der Waals surface area contributed by atoms with Crippen LogP contribution < -0.4 is 15.8 Å². The van der Waals surface area contributed by atoms with Gasteiger partial charge >= 0.3 is 0 Å². The third-order valence-corrected chi connectivity index (χ3v) is 3.86. The number of carbonyl (C=O) groups is 1. The van der Waals surface area contributed by atoms with E-state index in [1.165, 1.54) is 0 Å². The van der Waals surface area contributed by atoms with E-state index in [2.05, 4.69) is 5.32 Å². The molecule has 0 heterocycles. The predicted octanol–water partition coefficient (Wildman–Crippen LogP) is 1.70. The minimum Gasteiger partial charge on any atom is -0.493 e.